The van der Waals surface area contributed by atoms with E-state index in [-0.39, 0.29) is 5.25 Å². The van der Waals surface area contributed by atoms with Crippen LogP contribution in [0.25, 0.3) is 0 Å². The second kappa shape index (κ2) is 6.31. The molecule has 1 aromatic rings. The molecule has 0 spiro atoms. The van der Waals surface area contributed by atoms with Crippen molar-refractivity contribution in [3.05, 3.63) is 17.5 Å². The monoisotopic (exact) mass is 285 g/mol. The predicted molar refractivity (Wildman–Crippen MR) is 79.5 cm³/mol. The summed E-state index contributed by atoms with van der Waals surface area (Å²) < 4.78 is 13.7. The van der Waals surface area contributed by atoms with Gasteiger partial charge in [0.1, 0.15) is 0 Å². The number of nitrogens with one attached hydrogen (secondary N) is 1. The van der Waals surface area contributed by atoms with Crippen LogP contribution in [0.5, 0.6) is 0 Å². The van der Waals surface area contributed by atoms with Crippen molar-refractivity contribution in [1.82, 2.24) is 5.32 Å². The molecule has 0 saturated heterocycles. The number of rotatable bonds is 4. The summed E-state index contributed by atoms with van der Waals surface area (Å²) in [6.07, 6.45) is 3.51. The fraction of sp³-hybridized carbons (Fsp3) is 0.714. The Morgan fingerprint density at radius 2 is 2.22 bits per heavy atom. The zero-order valence-electron chi connectivity index (χ0n) is 11.4. The summed E-state index contributed by atoms with van der Waals surface area (Å²) >= 11 is 1.62. The Morgan fingerprint density at radius 3 is 2.78 bits per heavy atom. The van der Waals surface area contributed by atoms with Gasteiger partial charge in [0.15, 0.2) is 0 Å². The first-order chi connectivity index (χ1) is 8.63. The highest BCUT2D eigenvalue weighted by Gasteiger charge is 2.35. The molecule has 18 heavy (non-hydrogen) atoms. The van der Waals surface area contributed by atoms with E-state index in [9.17, 15) is 4.21 Å². The molecular weight excluding hydrogens is 262 g/mol. The van der Waals surface area contributed by atoms with Crippen molar-refractivity contribution in [3.63, 3.8) is 0 Å². The zero-order chi connectivity index (χ0) is 13.1. The van der Waals surface area contributed by atoms with E-state index < -0.39 is 10.8 Å². The van der Waals surface area contributed by atoms with Crippen LogP contribution in [0.2, 0.25) is 0 Å². The van der Waals surface area contributed by atoms with Crippen LogP contribution in [0.3, 0.4) is 0 Å². The first kappa shape index (κ1) is 14.2. The fourth-order valence-electron chi connectivity index (χ4n) is 2.86. The van der Waals surface area contributed by atoms with Crippen molar-refractivity contribution in [2.24, 2.45) is 11.8 Å². The largest absolute Gasteiger partial charge is 0.316 e. The van der Waals surface area contributed by atoms with E-state index in [1.807, 2.05) is 24.6 Å². The average Bonchev–Trinajstić information content (AvgIpc) is 2.90. The Labute approximate surface area is 117 Å². The van der Waals surface area contributed by atoms with Gasteiger partial charge < -0.3 is 5.32 Å². The molecule has 1 aromatic heterocycles. The first-order valence-corrected chi connectivity index (χ1v) is 8.84. The molecule has 1 fully saturated rings. The van der Waals surface area contributed by atoms with Crippen molar-refractivity contribution >= 4 is 22.1 Å². The second-order valence-corrected chi connectivity index (χ2v) is 8.33. The van der Waals surface area contributed by atoms with E-state index in [2.05, 4.69) is 19.2 Å². The maximum atomic E-state index is 12.7. The minimum absolute atomic E-state index is 0.273. The maximum Gasteiger partial charge on any atom is 0.0914 e. The van der Waals surface area contributed by atoms with Gasteiger partial charge in [-0.15, -0.1) is 11.3 Å². The second-order valence-electron chi connectivity index (χ2n) is 5.48. The molecule has 102 valence electrons. The smallest absolute Gasteiger partial charge is 0.0914 e. The van der Waals surface area contributed by atoms with Gasteiger partial charge in [0, 0.05) is 6.04 Å². The maximum absolute atomic E-state index is 12.7. The van der Waals surface area contributed by atoms with Crippen LogP contribution < -0.4 is 5.32 Å². The van der Waals surface area contributed by atoms with E-state index in [1.54, 1.807) is 11.3 Å². The molecule has 1 aliphatic carbocycles. The Kier molecular flexibility index (Phi) is 4.98. The molecule has 1 N–H and O–H groups in total. The third kappa shape index (κ3) is 3.03. The highest BCUT2D eigenvalue weighted by molar-refractivity contribution is 7.88. The van der Waals surface area contributed by atoms with Gasteiger partial charge >= 0.3 is 0 Å². The van der Waals surface area contributed by atoms with Crippen LogP contribution in [0.4, 0.5) is 0 Å². The summed E-state index contributed by atoms with van der Waals surface area (Å²) in [5.74, 6) is 1.43. The topological polar surface area (TPSA) is 29.1 Å². The van der Waals surface area contributed by atoms with Crippen molar-refractivity contribution in [3.8, 4) is 0 Å². The minimum atomic E-state index is -0.850. The van der Waals surface area contributed by atoms with Crippen LogP contribution in [-0.2, 0) is 10.8 Å². The third-order valence-corrected chi connectivity index (χ3v) is 7.16. The van der Waals surface area contributed by atoms with Crippen LogP contribution in [0.1, 0.15) is 33.1 Å². The van der Waals surface area contributed by atoms with Crippen molar-refractivity contribution in [1.29, 1.82) is 0 Å². The number of hydrogen-bond acceptors (Lipinski definition) is 3. The summed E-state index contributed by atoms with van der Waals surface area (Å²) in [6.45, 7) is 4.57. The zero-order valence-corrected chi connectivity index (χ0v) is 13.0. The lowest BCUT2D eigenvalue weighted by Crippen LogP contribution is -2.45. The van der Waals surface area contributed by atoms with Crippen LogP contribution in [0, 0.1) is 11.8 Å². The van der Waals surface area contributed by atoms with E-state index in [0.717, 1.165) is 23.0 Å². The lowest BCUT2D eigenvalue weighted by Gasteiger charge is -2.36. The molecule has 1 heterocycles. The average molecular weight is 285 g/mol. The number of hydrogen-bond donors (Lipinski definition) is 1. The lowest BCUT2D eigenvalue weighted by molar-refractivity contribution is 0.249. The van der Waals surface area contributed by atoms with Gasteiger partial charge in [-0.1, -0.05) is 19.9 Å². The van der Waals surface area contributed by atoms with Crippen LogP contribution in [-0.4, -0.2) is 22.5 Å². The van der Waals surface area contributed by atoms with E-state index in [1.165, 1.54) is 6.42 Å². The van der Waals surface area contributed by atoms with Gasteiger partial charge in [-0.3, -0.25) is 4.21 Å². The van der Waals surface area contributed by atoms with Crippen LogP contribution in [0.15, 0.2) is 21.7 Å². The lowest BCUT2D eigenvalue weighted by atomic mass is 9.79. The van der Waals surface area contributed by atoms with Gasteiger partial charge in [0.05, 0.1) is 20.3 Å². The molecule has 4 unspecified atom stereocenters. The van der Waals surface area contributed by atoms with E-state index >= 15 is 0 Å². The molecule has 0 aliphatic heterocycles. The fourth-order valence-corrected chi connectivity index (χ4v) is 5.73. The molecule has 1 aliphatic rings. The third-order valence-electron chi connectivity index (χ3n) is 4.11. The quantitative estimate of drug-likeness (QED) is 0.920. The molecular formula is C14H23NOS2. The van der Waals surface area contributed by atoms with Crippen LogP contribution >= 0.6 is 11.3 Å². The van der Waals surface area contributed by atoms with E-state index in [4.69, 9.17) is 0 Å². The molecule has 0 radical (unpaired) electrons. The molecule has 0 bridgehead atoms. The highest BCUT2D eigenvalue weighted by Crippen LogP contribution is 2.35. The van der Waals surface area contributed by atoms with E-state index in [0.29, 0.717) is 12.0 Å². The summed E-state index contributed by atoms with van der Waals surface area (Å²) in [5.41, 5.74) is 0. The van der Waals surface area contributed by atoms with Crippen molar-refractivity contribution in [2.75, 3.05) is 7.05 Å². The van der Waals surface area contributed by atoms with Crippen molar-refractivity contribution in [2.45, 2.75) is 48.6 Å². The molecule has 1 saturated carbocycles. The molecule has 2 nitrogen and oxygen atoms in total. The molecule has 0 amide bonds. The minimum Gasteiger partial charge on any atom is -0.316 e. The molecule has 0 aromatic carbocycles. The summed E-state index contributed by atoms with van der Waals surface area (Å²) in [6, 6.07) is 4.41. The normalized spacial score (nSPS) is 30.6. The summed E-state index contributed by atoms with van der Waals surface area (Å²) in [4.78, 5) is 0. The standard InChI is InChI=1S/C14H23NOS2/c1-10(2)11-6-7-12(15-3)13(9-11)18(16)14-5-4-8-17-14/h4-5,8,10-13,15H,6-7,9H2,1-3H3. The summed E-state index contributed by atoms with van der Waals surface area (Å²) in [7, 11) is 1.15. The highest BCUT2D eigenvalue weighted by atomic mass is 32.2. The van der Waals surface area contributed by atoms with Gasteiger partial charge in [-0.2, -0.15) is 0 Å². The summed E-state index contributed by atoms with van der Waals surface area (Å²) in [5, 5.41) is 5.66. The van der Waals surface area contributed by atoms with Gasteiger partial charge in [0.25, 0.3) is 0 Å². The Bertz CT molecular complexity index is 389. The van der Waals surface area contributed by atoms with Gasteiger partial charge in [0.2, 0.25) is 0 Å². The number of thiophene rings is 1. The Morgan fingerprint density at radius 1 is 1.44 bits per heavy atom. The molecule has 2 rings (SSSR count). The Hall–Kier alpha value is -0.190. The SMILES string of the molecule is CNC1CCC(C(C)C)CC1S(=O)c1cccs1. The molecule has 4 atom stereocenters. The van der Waals surface area contributed by atoms with Crippen molar-refractivity contribution < 1.29 is 4.21 Å². The van der Waals surface area contributed by atoms with Gasteiger partial charge in [-0.05, 0) is 49.6 Å². The molecule has 4 heteroatoms. The van der Waals surface area contributed by atoms with Gasteiger partial charge in [-0.25, -0.2) is 0 Å². The first-order valence-electron chi connectivity index (χ1n) is 6.74. The predicted octanol–water partition coefficient (Wildman–Crippen LogP) is 3.27. The Balaban J connectivity index is 2.13.